The molecule has 1 saturated carbocycles. The Balaban J connectivity index is 1.46. The normalized spacial score (nSPS) is 18.5. The second-order valence-corrected chi connectivity index (χ2v) is 7.72. The minimum Gasteiger partial charge on any atom is -0.494 e. The van der Waals surface area contributed by atoms with Gasteiger partial charge in [-0.2, -0.15) is 0 Å². The fraction of sp³-hybridized carbons (Fsp3) is 0.348. The Labute approximate surface area is 179 Å². The summed E-state index contributed by atoms with van der Waals surface area (Å²) in [4.78, 5) is 41.1. The molecular weight excluding hydrogens is 401 g/mol. The lowest BCUT2D eigenvalue weighted by molar-refractivity contribution is -0.124. The van der Waals surface area contributed by atoms with Crippen LogP contribution in [0.2, 0.25) is 0 Å². The van der Waals surface area contributed by atoms with Crippen molar-refractivity contribution in [3.63, 3.8) is 0 Å². The number of nitrogens with one attached hydrogen (secondary N) is 1. The summed E-state index contributed by atoms with van der Waals surface area (Å²) in [6, 6.07) is 10.8. The Kier molecular flexibility index (Phi) is 5.88. The molecule has 31 heavy (non-hydrogen) atoms. The van der Waals surface area contributed by atoms with Crippen molar-refractivity contribution in [3.8, 4) is 5.75 Å². The van der Waals surface area contributed by atoms with Gasteiger partial charge in [-0.3, -0.25) is 9.59 Å². The summed E-state index contributed by atoms with van der Waals surface area (Å²) in [7, 11) is 0. The van der Waals surface area contributed by atoms with Crippen LogP contribution in [-0.4, -0.2) is 41.4 Å². The average molecular weight is 425 g/mol. The summed E-state index contributed by atoms with van der Waals surface area (Å²) in [6.45, 7) is 2.63. The Bertz CT molecular complexity index is 991. The van der Waals surface area contributed by atoms with Crippen LogP contribution in [-0.2, 0) is 9.59 Å². The standard InChI is InChI=1S/C23H24FN3O4/c1-2-12-31-19-10-6-16(7-11-19)25-21(28)14-20-22(29)27(18-5-3-4-15(24)13-18)23(30)26(20)17-8-9-17/h3-7,10-11,13,17,20H,2,8-9,12,14H2,1H3,(H,25,28)/t20-/m0/s1. The van der Waals surface area contributed by atoms with Crippen LogP contribution in [0.25, 0.3) is 0 Å². The zero-order valence-electron chi connectivity index (χ0n) is 17.2. The van der Waals surface area contributed by atoms with E-state index in [2.05, 4.69) is 5.32 Å². The molecule has 2 aromatic rings. The SMILES string of the molecule is CCCOc1ccc(NC(=O)C[C@H]2C(=O)N(c3cccc(F)c3)C(=O)N2C2CC2)cc1. The molecule has 1 N–H and O–H groups in total. The molecule has 2 aromatic carbocycles. The van der Waals surface area contributed by atoms with E-state index in [1.165, 1.54) is 23.1 Å². The maximum atomic E-state index is 13.7. The molecule has 1 aliphatic heterocycles. The third kappa shape index (κ3) is 4.52. The molecule has 0 unspecified atom stereocenters. The lowest BCUT2D eigenvalue weighted by Crippen LogP contribution is -2.39. The van der Waals surface area contributed by atoms with Gasteiger partial charge in [0.1, 0.15) is 17.6 Å². The number of urea groups is 1. The summed E-state index contributed by atoms with van der Waals surface area (Å²) in [5, 5.41) is 2.77. The minimum absolute atomic E-state index is 0.0668. The number of benzene rings is 2. The predicted molar refractivity (Wildman–Crippen MR) is 113 cm³/mol. The van der Waals surface area contributed by atoms with Crippen LogP contribution in [0.3, 0.4) is 0 Å². The third-order valence-electron chi connectivity index (χ3n) is 5.25. The van der Waals surface area contributed by atoms with Crippen LogP contribution in [0.1, 0.15) is 32.6 Å². The number of rotatable bonds is 8. The summed E-state index contributed by atoms with van der Waals surface area (Å²) in [5.41, 5.74) is 0.747. The molecule has 8 heteroatoms. The molecule has 0 aromatic heterocycles. The molecule has 4 amide bonds. The van der Waals surface area contributed by atoms with Gasteiger partial charge in [0.2, 0.25) is 5.91 Å². The molecular formula is C23H24FN3O4. The van der Waals surface area contributed by atoms with E-state index in [-0.39, 0.29) is 24.1 Å². The Morgan fingerprint density at radius 1 is 1.16 bits per heavy atom. The van der Waals surface area contributed by atoms with Crippen LogP contribution in [0, 0.1) is 5.82 Å². The summed E-state index contributed by atoms with van der Waals surface area (Å²) >= 11 is 0. The molecule has 2 fully saturated rings. The van der Waals surface area contributed by atoms with Gasteiger partial charge in [0.05, 0.1) is 18.7 Å². The maximum absolute atomic E-state index is 13.7. The number of anilines is 2. The number of ether oxygens (including phenoxy) is 1. The van der Waals surface area contributed by atoms with Gasteiger partial charge in [-0.1, -0.05) is 13.0 Å². The number of hydrogen-bond acceptors (Lipinski definition) is 4. The highest BCUT2D eigenvalue weighted by atomic mass is 19.1. The van der Waals surface area contributed by atoms with Crippen molar-refractivity contribution in [2.75, 3.05) is 16.8 Å². The quantitative estimate of drug-likeness (QED) is 0.650. The fourth-order valence-corrected chi connectivity index (χ4v) is 3.66. The Morgan fingerprint density at radius 2 is 1.90 bits per heavy atom. The topological polar surface area (TPSA) is 79.0 Å². The van der Waals surface area contributed by atoms with Gasteiger partial charge < -0.3 is 15.0 Å². The van der Waals surface area contributed by atoms with E-state index in [0.717, 1.165) is 30.2 Å². The second kappa shape index (κ2) is 8.75. The zero-order chi connectivity index (χ0) is 22.0. The first-order valence-electron chi connectivity index (χ1n) is 10.4. The van der Waals surface area contributed by atoms with Crippen molar-refractivity contribution < 1.29 is 23.5 Å². The highest BCUT2D eigenvalue weighted by Gasteiger charge is 2.52. The van der Waals surface area contributed by atoms with Crippen molar-refractivity contribution in [2.45, 2.75) is 44.7 Å². The first-order chi connectivity index (χ1) is 15.0. The highest BCUT2D eigenvalue weighted by Crippen LogP contribution is 2.36. The lowest BCUT2D eigenvalue weighted by atomic mass is 10.1. The number of hydrogen-bond donors (Lipinski definition) is 1. The molecule has 1 heterocycles. The zero-order valence-corrected chi connectivity index (χ0v) is 17.2. The van der Waals surface area contributed by atoms with E-state index in [9.17, 15) is 18.8 Å². The molecule has 1 aliphatic carbocycles. The van der Waals surface area contributed by atoms with E-state index in [0.29, 0.717) is 18.0 Å². The molecule has 1 saturated heterocycles. The summed E-state index contributed by atoms with van der Waals surface area (Å²) in [6.07, 6.45) is 2.30. The average Bonchev–Trinajstić information content (AvgIpc) is 3.54. The fourth-order valence-electron chi connectivity index (χ4n) is 3.66. The van der Waals surface area contributed by atoms with E-state index < -0.39 is 23.8 Å². The van der Waals surface area contributed by atoms with Crippen molar-refractivity contribution >= 4 is 29.2 Å². The molecule has 162 valence electrons. The highest BCUT2D eigenvalue weighted by molar-refractivity contribution is 6.22. The van der Waals surface area contributed by atoms with Crippen molar-refractivity contribution in [1.82, 2.24) is 4.90 Å². The largest absolute Gasteiger partial charge is 0.494 e. The number of nitrogens with zero attached hydrogens (tertiary/aromatic N) is 2. The molecule has 1 atom stereocenters. The first kappa shape index (κ1) is 20.8. The van der Waals surface area contributed by atoms with Crippen LogP contribution in [0.4, 0.5) is 20.6 Å². The monoisotopic (exact) mass is 425 g/mol. The molecule has 4 rings (SSSR count). The second-order valence-electron chi connectivity index (χ2n) is 7.72. The van der Waals surface area contributed by atoms with Crippen LogP contribution in [0.15, 0.2) is 48.5 Å². The number of halogens is 1. The van der Waals surface area contributed by atoms with Gasteiger partial charge in [0, 0.05) is 11.7 Å². The van der Waals surface area contributed by atoms with Gasteiger partial charge in [-0.05, 0) is 61.7 Å². The third-order valence-corrected chi connectivity index (χ3v) is 5.25. The van der Waals surface area contributed by atoms with Gasteiger partial charge in [0.25, 0.3) is 5.91 Å². The lowest BCUT2D eigenvalue weighted by Gasteiger charge is -2.21. The van der Waals surface area contributed by atoms with Crippen LogP contribution >= 0.6 is 0 Å². The van der Waals surface area contributed by atoms with Crippen LogP contribution < -0.4 is 15.0 Å². The molecule has 0 radical (unpaired) electrons. The summed E-state index contributed by atoms with van der Waals surface area (Å²) in [5.74, 6) is -0.716. The number of amides is 4. The number of carbonyl (C=O) groups is 3. The molecule has 0 spiro atoms. The van der Waals surface area contributed by atoms with Crippen molar-refractivity contribution in [1.29, 1.82) is 0 Å². The Hall–Kier alpha value is -3.42. The first-order valence-corrected chi connectivity index (χ1v) is 10.4. The van der Waals surface area contributed by atoms with Crippen molar-refractivity contribution in [3.05, 3.63) is 54.3 Å². The maximum Gasteiger partial charge on any atom is 0.332 e. The number of carbonyl (C=O) groups excluding carboxylic acids is 3. The van der Waals surface area contributed by atoms with E-state index in [1.807, 2.05) is 6.92 Å². The smallest absolute Gasteiger partial charge is 0.332 e. The summed E-state index contributed by atoms with van der Waals surface area (Å²) < 4.78 is 19.2. The molecule has 2 aliphatic rings. The predicted octanol–water partition coefficient (Wildman–Crippen LogP) is 3.94. The molecule has 7 nitrogen and oxygen atoms in total. The Morgan fingerprint density at radius 3 is 2.55 bits per heavy atom. The van der Waals surface area contributed by atoms with Gasteiger partial charge in [-0.15, -0.1) is 0 Å². The van der Waals surface area contributed by atoms with E-state index in [1.54, 1.807) is 24.3 Å². The van der Waals surface area contributed by atoms with Crippen molar-refractivity contribution in [2.24, 2.45) is 0 Å². The van der Waals surface area contributed by atoms with Crippen LogP contribution in [0.5, 0.6) is 5.75 Å². The van der Waals surface area contributed by atoms with Gasteiger partial charge in [0.15, 0.2) is 0 Å². The minimum atomic E-state index is -0.907. The number of imide groups is 1. The van der Waals surface area contributed by atoms with Gasteiger partial charge >= 0.3 is 6.03 Å². The van der Waals surface area contributed by atoms with E-state index >= 15 is 0 Å². The van der Waals surface area contributed by atoms with Gasteiger partial charge in [-0.25, -0.2) is 14.1 Å². The molecule has 0 bridgehead atoms. The van der Waals surface area contributed by atoms with E-state index in [4.69, 9.17) is 4.74 Å².